The molecular formula is C21H22N6O2S. The van der Waals surface area contributed by atoms with Crippen molar-refractivity contribution in [1.82, 2.24) is 25.1 Å². The lowest BCUT2D eigenvalue weighted by Gasteiger charge is -2.12. The van der Waals surface area contributed by atoms with Gasteiger partial charge in [0, 0.05) is 24.7 Å². The highest BCUT2D eigenvalue weighted by Crippen LogP contribution is 2.41. The molecule has 0 saturated heterocycles. The normalized spacial score (nSPS) is 13.1. The van der Waals surface area contributed by atoms with Crippen LogP contribution in [-0.4, -0.2) is 37.3 Å². The lowest BCUT2D eigenvalue weighted by Crippen LogP contribution is -2.25. The molecule has 0 radical (unpaired) electrons. The van der Waals surface area contributed by atoms with Crippen LogP contribution in [0, 0.1) is 0 Å². The van der Waals surface area contributed by atoms with Crippen molar-refractivity contribution in [1.29, 1.82) is 0 Å². The van der Waals surface area contributed by atoms with Gasteiger partial charge in [0.1, 0.15) is 5.82 Å². The number of thioether (sulfide) groups is 1. The van der Waals surface area contributed by atoms with Crippen LogP contribution >= 0.6 is 11.8 Å². The van der Waals surface area contributed by atoms with E-state index in [2.05, 4.69) is 25.8 Å². The van der Waals surface area contributed by atoms with Gasteiger partial charge in [-0.2, -0.15) is 0 Å². The summed E-state index contributed by atoms with van der Waals surface area (Å²) >= 11 is 1.34. The summed E-state index contributed by atoms with van der Waals surface area (Å²) in [6, 6.07) is 13.2. The van der Waals surface area contributed by atoms with Gasteiger partial charge in [-0.1, -0.05) is 23.9 Å². The number of nitrogens with one attached hydrogen (secondary N) is 2. The van der Waals surface area contributed by atoms with E-state index >= 15 is 0 Å². The molecule has 1 aromatic carbocycles. The minimum atomic E-state index is -0.127. The van der Waals surface area contributed by atoms with Crippen LogP contribution in [0.2, 0.25) is 0 Å². The number of pyridine rings is 1. The molecule has 8 nitrogen and oxygen atoms in total. The Morgan fingerprint density at radius 3 is 2.77 bits per heavy atom. The van der Waals surface area contributed by atoms with Crippen LogP contribution in [-0.2, 0) is 16.1 Å². The minimum Gasteiger partial charge on any atom is -0.350 e. The molecular weight excluding hydrogens is 400 g/mol. The summed E-state index contributed by atoms with van der Waals surface area (Å²) in [5.41, 5.74) is 2.38. The number of benzene rings is 1. The van der Waals surface area contributed by atoms with Gasteiger partial charge in [0.15, 0.2) is 5.16 Å². The zero-order valence-corrected chi connectivity index (χ0v) is 17.4. The van der Waals surface area contributed by atoms with Crippen LogP contribution in [0.1, 0.15) is 37.2 Å². The molecule has 0 aliphatic heterocycles. The molecule has 2 heterocycles. The number of anilines is 1. The Kier molecular flexibility index (Phi) is 6.08. The van der Waals surface area contributed by atoms with Crippen molar-refractivity contribution in [3.05, 3.63) is 60.2 Å². The first-order chi connectivity index (χ1) is 14.6. The summed E-state index contributed by atoms with van der Waals surface area (Å²) in [7, 11) is 0. The number of carbonyl (C=O) groups is 2. The molecule has 154 valence electrons. The van der Waals surface area contributed by atoms with E-state index in [9.17, 15) is 9.59 Å². The van der Waals surface area contributed by atoms with Gasteiger partial charge in [-0.3, -0.25) is 19.1 Å². The zero-order valence-electron chi connectivity index (χ0n) is 16.5. The quantitative estimate of drug-likeness (QED) is 0.541. The summed E-state index contributed by atoms with van der Waals surface area (Å²) in [4.78, 5) is 27.9. The fraction of sp³-hybridized carbons (Fsp3) is 0.286. The lowest BCUT2D eigenvalue weighted by molar-refractivity contribution is -0.118. The second kappa shape index (κ2) is 9.08. The highest BCUT2D eigenvalue weighted by molar-refractivity contribution is 7.99. The molecule has 1 saturated carbocycles. The van der Waals surface area contributed by atoms with E-state index in [4.69, 9.17) is 0 Å². The number of amides is 2. The molecule has 2 aromatic heterocycles. The maximum Gasteiger partial charge on any atom is 0.230 e. The largest absolute Gasteiger partial charge is 0.350 e. The maximum absolute atomic E-state index is 12.3. The van der Waals surface area contributed by atoms with E-state index < -0.39 is 0 Å². The Bertz CT molecular complexity index is 1050. The number of aromatic nitrogens is 4. The van der Waals surface area contributed by atoms with Crippen LogP contribution in [0.3, 0.4) is 0 Å². The molecule has 1 aliphatic carbocycles. The first kappa shape index (κ1) is 20.1. The number of hydrogen-bond acceptors (Lipinski definition) is 6. The molecule has 1 fully saturated rings. The number of nitrogens with zero attached hydrogens (tertiary/aromatic N) is 4. The van der Waals surface area contributed by atoms with Gasteiger partial charge < -0.3 is 10.6 Å². The van der Waals surface area contributed by atoms with E-state index in [0.29, 0.717) is 23.3 Å². The highest BCUT2D eigenvalue weighted by Gasteiger charge is 2.31. The smallest absolute Gasteiger partial charge is 0.230 e. The van der Waals surface area contributed by atoms with E-state index in [0.717, 1.165) is 30.0 Å². The number of rotatable bonds is 8. The molecule has 4 rings (SSSR count). The predicted octanol–water partition coefficient (Wildman–Crippen LogP) is 2.91. The summed E-state index contributed by atoms with van der Waals surface area (Å²) < 4.78 is 1.99. The second-order valence-corrected chi connectivity index (χ2v) is 8.01. The van der Waals surface area contributed by atoms with E-state index in [1.807, 2.05) is 47.0 Å². The minimum absolute atomic E-state index is 0.0971. The van der Waals surface area contributed by atoms with Crippen molar-refractivity contribution in [3.8, 4) is 5.69 Å². The van der Waals surface area contributed by atoms with Crippen molar-refractivity contribution < 1.29 is 9.59 Å². The molecule has 30 heavy (non-hydrogen) atoms. The van der Waals surface area contributed by atoms with E-state index in [1.54, 1.807) is 6.20 Å². The van der Waals surface area contributed by atoms with Crippen molar-refractivity contribution in [3.63, 3.8) is 0 Å². The highest BCUT2D eigenvalue weighted by atomic mass is 32.2. The predicted molar refractivity (Wildman–Crippen MR) is 114 cm³/mol. The number of carbonyl (C=O) groups excluding carboxylic acids is 2. The Balaban J connectivity index is 1.48. The van der Waals surface area contributed by atoms with Crippen LogP contribution < -0.4 is 10.6 Å². The monoisotopic (exact) mass is 422 g/mol. The third-order valence-corrected chi connectivity index (χ3v) is 5.48. The first-order valence-corrected chi connectivity index (χ1v) is 10.7. The van der Waals surface area contributed by atoms with Crippen LogP contribution in [0.15, 0.2) is 53.8 Å². The maximum atomic E-state index is 12.3. The first-order valence-electron chi connectivity index (χ1n) is 9.73. The molecule has 1 aliphatic rings. The van der Waals surface area contributed by atoms with Gasteiger partial charge in [0.05, 0.1) is 23.7 Å². The van der Waals surface area contributed by atoms with Crippen LogP contribution in [0.25, 0.3) is 5.69 Å². The second-order valence-electron chi connectivity index (χ2n) is 7.07. The molecule has 9 heteroatoms. The summed E-state index contributed by atoms with van der Waals surface area (Å²) in [5.74, 6) is 1.28. The average molecular weight is 423 g/mol. The van der Waals surface area contributed by atoms with Crippen molar-refractivity contribution in [2.24, 2.45) is 0 Å². The Labute approximate surface area is 178 Å². The molecule has 0 atom stereocenters. The van der Waals surface area contributed by atoms with Gasteiger partial charge in [-0.25, -0.2) is 0 Å². The lowest BCUT2D eigenvalue weighted by atomic mass is 10.2. The molecule has 3 aromatic rings. The van der Waals surface area contributed by atoms with Gasteiger partial charge in [0.25, 0.3) is 0 Å². The van der Waals surface area contributed by atoms with Gasteiger partial charge in [0.2, 0.25) is 11.8 Å². The Morgan fingerprint density at radius 1 is 1.17 bits per heavy atom. The van der Waals surface area contributed by atoms with Gasteiger partial charge in [-0.05, 0) is 43.2 Å². The summed E-state index contributed by atoms with van der Waals surface area (Å²) in [6.45, 7) is 1.87. The standard InChI is InChI=1S/C21H22N6O2S/c1-14(28)24-16-6-4-7-18(11-16)27-20(15-8-9-15)25-26-21(27)30-13-19(29)23-12-17-5-2-3-10-22-17/h2-7,10-11,15H,8-9,12-13H2,1H3,(H,23,29)(H,24,28). The average Bonchev–Trinajstić information content (AvgIpc) is 3.50. The Hall–Kier alpha value is -3.20. The fourth-order valence-electron chi connectivity index (χ4n) is 3.02. The zero-order chi connectivity index (χ0) is 20.9. The van der Waals surface area contributed by atoms with Crippen LogP contribution in [0.5, 0.6) is 0 Å². The fourth-order valence-corrected chi connectivity index (χ4v) is 3.81. The number of hydrogen-bond donors (Lipinski definition) is 2. The van der Waals surface area contributed by atoms with Crippen molar-refractivity contribution in [2.45, 2.75) is 37.4 Å². The van der Waals surface area contributed by atoms with Gasteiger partial charge in [-0.15, -0.1) is 10.2 Å². The topological polar surface area (TPSA) is 102 Å². The van der Waals surface area contributed by atoms with Crippen molar-refractivity contribution in [2.75, 3.05) is 11.1 Å². The van der Waals surface area contributed by atoms with Gasteiger partial charge >= 0.3 is 0 Å². The SMILES string of the molecule is CC(=O)Nc1cccc(-n2c(SCC(=O)NCc3ccccn3)nnc2C2CC2)c1. The summed E-state index contributed by atoms with van der Waals surface area (Å²) in [5, 5.41) is 15.0. The molecule has 0 bridgehead atoms. The third-order valence-electron chi connectivity index (χ3n) is 4.55. The summed E-state index contributed by atoms with van der Waals surface area (Å²) in [6.07, 6.45) is 3.87. The molecule has 0 unspecified atom stereocenters. The van der Waals surface area contributed by atoms with Crippen molar-refractivity contribution >= 4 is 29.3 Å². The van der Waals surface area contributed by atoms with E-state index in [-0.39, 0.29) is 17.6 Å². The molecule has 2 amide bonds. The molecule has 2 N–H and O–H groups in total. The third kappa shape index (κ3) is 5.04. The van der Waals surface area contributed by atoms with E-state index in [1.165, 1.54) is 18.7 Å². The van der Waals surface area contributed by atoms with Crippen LogP contribution in [0.4, 0.5) is 5.69 Å². The molecule has 0 spiro atoms. The Morgan fingerprint density at radius 2 is 2.03 bits per heavy atom.